The third kappa shape index (κ3) is 2.65. The predicted molar refractivity (Wildman–Crippen MR) is 78.0 cm³/mol. The Kier molecular flexibility index (Phi) is 3.90. The summed E-state index contributed by atoms with van der Waals surface area (Å²) in [5.41, 5.74) is 6.93. The zero-order valence-corrected chi connectivity index (χ0v) is 12.8. The molecule has 2 N–H and O–H groups in total. The summed E-state index contributed by atoms with van der Waals surface area (Å²) in [6.07, 6.45) is 2.62. The molecule has 104 valence electrons. The predicted octanol–water partition coefficient (Wildman–Crippen LogP) is 2.17. The number of nitrogens with zero attached hydrogens (tertiary/aromatic N) is 5. The highest BCUT2D eigenvalue weighted by molar-refractivity contribution is 9.10. The highest BCUT2D eigenvalue weighted by Crippen LogP contribution is 2.30. The van der Waals surface area contributed by atoms with Crippen molar-refractivity contribution in [3.8, 4) is 23.0 Å². The molecule has 3 aromatic heterocycles. The van der Waals surface area contributed by atoms with Crippen molar-refractivity contribution in [3.63, 3.8) is 0 Å². The van der Waals surface area contributed by atoms with Gasteiger partial charge in [-0.1, -0.05) is 10.4 Å². The lowest BCUT2D eigenvalue weighted by atomic mass is 10.3. The summed E-state index contributed by atoms with van der Waals surface area (Å²) in [5.74, 6) is 0.890. The fourth-order valence-electron chi connectivity index (χ4n) is 1.64. The monoisotopic (exact) mass is 354 g/mol. The van der Waals surface area contributed by atoms with E-state index in [1.54, 1.807) is 22.2 Å². The zero-order valence-electron chi connectivity index (χ0n) is 10.4. The molecule has 0 aliphatic rings. The van der Waals surface area contributed by atoms with Gasteiger partial charge in [-0.3, -0.25) is 4.68 Å². The van der Waals surface area contributed by atoms with E-state index in [0.717, 1.165) is 23.0 Å². The summed E-state index contributed by atoms with van der Waals surface area (Å²) in [4.78, 5) is 4.34. The van der Waals surface area contributed by atoms with Crippen LogP contribution in [0.3, 0.4) is 0 Å². The number of hydrogen-bond donors (Lipinski definition) is 1. The SMILES string of the molecule is NCCCn1cc(-c2nc(-c3cscc3Br)no2)nn1. The average molecular weight is 355 g/mol. The fraction of sp³-hybridized carbons (Fsp3) is 0.273. The summed E-state index contributed by atoms with van der Waals surface area (Å²) >= 11 is 5.01. The fourth-order valence-corrected chi connectivity index (χ4v) is 3.09. The molecule has 3 rings (SSSR count). The van der Waals surface area contributed by atoms with E-state index in [0.29, 0.717) is 24.0 Å². The van der Waals surface area contributed by atoms with Crippen LogP contribution in [0.15, 0.2) is 26.0 Å². The summed E-state index contributed by atoms with van der Waals surface area (Å²) in [5, 5.41) is 15.9. The van der Waals surface area contributed by atoms with E-state index in [9.17, 15) is 0 Å². The number of nitrogens with two attached hydrogens (primary N) is 1. The Balaban J connectivity index is 1.83. The highest BCUT2D eigenvalue weighted by atomic mass is 79.9. The average Bonchev–Trinajstić information content (AvgIpc) is 3.15. The molecule has 0 aliphatic carbocycles. The van der Waals surface area contributed by atoms with E-state index >= 15 is 0 Å². The van der Waals surface area contributed by atoms with E-state index in [1.807, 2.05) is 10.8 Å². The quantitative estimate of drug-likeness (QED) is 0.754. The second-order valence-corrected chi connectivity index (χ2v) is 5.66. The van der Waals surface area contributed by atoms with Crippen molar-refractivity contribution in [2.75, 3.05) is 6.54 Å². The van der Waals surface area contributed by atoms with E-state index in [4.69, 9.17) is 10.3 Å². The van der Waals surface area contributed by atoms with Gasteiger partial charge in [0.15, 0.2) is 5.69 Å². The van der Waals surface area contributed by atoms with Gasteiger partial charge in [-0.15, -0.1) is 5.10 Å². The highest BCUT2D eigenvalue weighted by Gasteiger charge is 2.15. The van der Waals surface area contributed by atoms with Crippen LogP contribution in [0.1, 0.15) is 6.42 Å². The van der Waals surface area contributed by atoms with E-state index in [-0.39, 0.29) is 0 Å². The van der Waals surface area contributed by atoms with Crippen molar-refractivity contribution < 1.29 is 4.52 Å². The first-order valence-corrected chi connectivity index (χ1v) is 7.68. The first-order valence-electron chi connectivity index (χ1n) is 5.94. The van der Waals surface area contributed by atoms with Gasteiger partial charge in [-0.05, 0) is 28.9 Å². The lowest BCUT2D eigenvalue weighted by molar-refractivity contribution is 0.431. The van der Waals surface area contributed by atoms with E-state index in [1.165, 1.54) is 0 Å². The van der Waals surface area contributed by atoms with Crippen molar-refractivity contribution in [2.24, 2.45) is 5.73 Å². The number of aromatic nitrogens is 5. The number of rotatable bonds is 5. The molecule has 3 heterocycles. The van der Waals surface area contributed by atoms with Gasteiger partial charge < -0.3 is 10.3 Å². The van der Waals surface area contributed by atoms with Crippen LogP contribution < -0.4 is 5.73 Å². The standard InChI is InChI=1S/C11H11BrN6OS/c12-8-6-20-5-7(8)10-14-11(19-16-10)9-4-18(17-15-9)3-1-2-13/h4-6H,1-3,13H2. The molecule has 3 aromatic rings. The molecular formula is C11H11BrN6OS. The molecule has 0 saturated heterocycles. The Labute approximate surface area is 126 Å². The van der Waals surface area contributed by atoms with Gasteiger partial charge in [0.2, 0.25) is 5.82 Å². The molecule has 0 amide bonds. The van der Waals surface area contributed by atoms with E-state index < -0.39 is 0 Å². The Morgan fingerprint density at radius 3 is 3.05 bits per heavy atom. The molecule has 0 aliphatic heterocycles. The minimum atomic E-state index is 0.358. The number of thiophene rings is 1. The lowest BCUT2D eigenvalue weighted by Crippen LogP contribution is -2.06. The second kappa shape index (κ2) is 5.81. The number of halogens is 1. The Hall–Kier alpha value is -1.58. The molecule has 0 fully saturated rings. The smallest absolute Gasteiger partial charge is 0.280 e. The van der Waals surface area contributed by atoms with Crippen LogP contribution in [0.5, 0.6) is 0 Å². The zero-order chi connectivity index (χ0) is 13.9. The minimum absolute atomic E-state index is 0.358. The Morgan fingerprint density at radius 1 is 1.40 bits per heavy atom. The van der Waals surface area contributed by atoms with Gasteiger partial charge in [0.25, 0.3) is 5.89 Å². The molecular weight excluding hydrogens is 344 g/mol. The van der Waals surface area contributed by atoms with Gasteiger partial charge in [0.05, 0.1) is 6.20 Å². The molecule has 20 heavy (non-hydrogen) atoms. The minimum Gasteiger partial charge on any atom is -0.332 e. The van der Waals surface area contributed by atoms with Crippen LogP contribution in [-0.2, 0) is 6.54 Å². The van der Waals surface area contributed by atoms with Crippen molar-refractivity contribution in [2.45, 2.75) is 13.0 Å². The van der Waals surface area contributed by atoms with Crippen LogP contribution in [0.4, 0.5) is 0 Å². The topological polar surface area (TPSA) is 95.7 Å². The summed E-state index contributed by atoms with van der Waals surface area (Å²) in [6, 6.07) is 0. The van der Waals surface area contributed by atoms with Gasteiger partial charge in [0, 0.05) is 27.3 Å². The maximum Gasteiger partial charge on any atom is 0.280 e. The van der Waals surface area contributed by atoms with Crippen molar-refractivity contribution in [1.82, 2.24) is 25.1 Å². The van der Waals surface area contributed by atoms with Crippen LogP contribution >= 0.6 is 27.3 Å². The molecule has 7 nitrogen and oxygen atoms in total. The maximum atomic E-state index is 5.46. The summed E-state index contributed by atoms with van der Waals surface area (Å²) in [6.45, 7) is 1.34. The van der Waals surface area contributed by atoms with Crippen LogP contribution in [-0.4, -0.2) is 31.7 Å². The largest absolute Gasteiger partial charge is 0.332 e. The van der Waals surface area contributed by atoms with Crippen molar-refractivity contribution in [3.05, 3.63) is 21.4 Å². The molecule has 0 unspecified atom stereocenters. The van der Waals surface area contributed by atoms with Crippen LogP contribution in [0.25, 0.3) is 23.0 Å². The summed E-state index contributed by atoms with van der Waals surface area (Å²) in [7, 11) is 0. The first-order chi connectivity index (χ1) is 9.78. The third-order valence-corrected chi connectivity index (χ3v) is 4.33. The van der Waals surface area contributed by atoms with Gasteiger partial charge in [-0.2, -0.15) is 16.3 Å². The van der Waals surface area contributed by atoms with Crippen LogP contribution in [0.2, 0.25) is 0 Å². The van der Waals surface area contributed by atoms with Crippen LogP contribution in [0, 0.1) is 0 Å². The normalized spacial score (nSPS) is 11.1. The Bertz CT molecular complexity index is 705. The second-order valence-electron chi connectivity index (χ2n) is 4.07. The van der Waals surface area contributed by atoms with Gasteiger partial charge >= 0.3 is 0 Å². The van der Waals surface area contributed by atoms with Gasteiger partial charge in [-0.25, -0.2) is 0 Å². The van der Waals surface area contributed by atoms with Crippen molar-refractivity contribution in [1.29, 1.82) is 0 Å². The molecule has 0 aromatic carbocycles. The maximum absolute atomic E-state index is 5.46. The molecule has 0 spiro atoms. The Morgan fingerprint density at radius 2 is 2.30 bits per heavy atom. The molecule has 0 saturated carbocycles. The number of aryl methyl sites for hydroxylation is 1. The summed E-state index contributed by atoms with van der Waals surface area (Å²) < 4.78 is 7.89. The van der Waals surface area contributed by atoms with E-state index in [2.05, 4.69) is 36.4 Å². The lowest BCUT2D eigenvalue weighted by Gasteiger charge is -1.94. The van der Waals surface area contributed by atoms with Crippen molar-refractivity contribution >= 4 is 27.3 Å². The first kappa shape index (κ1) is 13.4. The molecule has 0 atom stereocenters. The molecule has 0 bridgehead atoms. The third-order valence-electron chi connectivity index (χ3n) is 2.63. The van der Waals surface area contributed by atoms with Gasteiger partial charge in [0.1, 0.15) is 0 Å². The number of hydrogen-bond acceptors (Lipinski definition) is 7. The molecule has 9 heteroatoms. The molecule has 0 radical (unpaired) electrons.